The maximum atomic E-state index is 12.1. The standard InChI is InChI=1S/C22H26N2O4/c1-15(2)28-18-8-6-17(7-9-18)23-21(25)4-3-13-27-19-10-11-20-16(14-19)5-12-22(26)24-20/h6-11,14-15H,3-5,12-13H2,1-2H3,(H,23,25)(H,24,26). The third kappa shape index (κ3) is 5.74. The first kappa shape index (κ1) is 19.7. The molecule has 0 saturated carbocycles. The van der Waals surface area contributed by atoms with Crippen molar-refractivity contribution in [1.82, 2.24) is 0 Å². The van der Waals surface area contributed by atoms with Crippen LogP contribution < -0.4 is 20.1 Å². The van der Waals surface area contributed by atoms with Crippen molar-refractivity contribution < 1.29 is 19.1 Å². The number of carbonyl (C=O) groups is 2. The number of fused-ring (bicyclic) bond motifs is 1. The first-order chi connectivity index (χ1) is 13.5. The lowest BCUT2D eigenvalue weighted by Gasteiger charge is -2.17. The van der Waals surface area contributed by atoms with Gasteiger partial charge in [-0.15, -0.1) is 0 Å². The molecule has 0 saturated heterocycles. The Morgan fingerprint density at radius 1 is 1.11 bits per heavy atom. The number of hydrogen-bond donors (Lipinski definition) is 2. The van der Waals surface area contributed by atoms with Crippen molar-refractivity contribution in [3.05, 3.63) is 48.0 Å². The molecule has 6 nitrogen and oxygen atoms in total. The largest absolute Gasteiger partial charge is 0.494 e. The van der Waals surface area contributed by atoms with Crippen molar-refractivity contribution in [3.8, 4) is 11.5 Å². The molecule has 0 spiro atoms. The zero-order chi connectivity index (χ0) is 19.9. The third-order valence-corrected chi connectivity index (χ3v) is 4.30. The Morgan fingerprint density at radius 3 is 2.61 bits per heavy atom. The number of benzene rings is 2. The minimum absolute atomic E-state index is 0.0470. The van der Waals surface area contributed by atoms with Gasteiger partial charge in [0.1, 0.15) is 11.5 Å². The fraction of sp³-hybridized carbons (Fsp3) is 0.364. The van der Waals surface area contributed by atoms with Crippen LogP contribution in [-0.2, 0) is 16.0 Å². The average Bonchev–Trinajstić information content (AvgIpc) is 2.66. The zero-order valence-electron chi connectivity index (χ0n) is 16.3. The fourth-order valence-corrected chi connectivity index (χ4v) is 2.98. The lowest BCUT2D eigenvalue weighted by molar-refractivity contribution is -0.117. The summed E-state index contributed by atoms with van der Waals surface area (Å²) in [5.74, 6) is 1.55. The second kappa shape index (κ2) is 9.26. The zero-order valence-corrected chi connectivity index (χ0v) is 16.3. The van der Waals surface area contributed by atoms with Crippen LogP contribution in [-0.4, -0.2) is 24.5 Å². The first-order valence-corrected chi connectivity index (χ1v) is 9.62. The lowest BCUT2D eigenvalue weighted by atomic mass is 10.0. The van der Waals surface area contributed by atoms with Crippen molar-refractivity contribution in [2.45, 2.75) is 45.6 Å². The number of rotatable bonds is 8. The highest BCUT2D eigenvalue weighted by molar-refractivity contribution is 5.94. The molecule has 28 heavy (non-hydrogen) atoms. The maximum Gasteiger partial charge on any atom is 0.224 e. The predicted octanol–water partition coefficient (Wildman–Crippen LogP) is 4.16. The van der Waals surface area contributed by atoms with Crippen LogP contribution in [0.3, 0.4) is 0 Å². The Hall–Kier alpha value is -3.02. The van der Waals surface area contributed by atoms with Crippen LogP contribution >= 0.6 is 0 Å². The van der Waals surface area contributed by atoms with E-state index in [-0.39, 0.29) is 17.9 Å². The van der Waals surface area contributed by atoms with E-state index in [1.165, 1.54) is 0 Å². The van der Waals surface area contributed by atoms with Crippen molar-refractivity contribution in [3.63, 3.8) is 0 Å². The monoisotopic (exact) mass is 382 g/mol. The summed E-state index contributed by atoms with van der Waals surface area (Å²) in [6.07, 6.45) is 2.34. The van der Waals surface area contributed by atoms with E-state index < -0.39 is 0 Å². The molecule has 148 valence electrons. The third-order valence-electron chi connectivity index (χ3n) is 4.30. The van der Waals surface area contributed by atoms with Gasteiger partial charge in [-0.2, -0.15) is 0 Å². The smallest absolute Gasteiger partial charge is 0.224 e. The summed E-state index contributed by atoms with van der Waals surface area (Å²) in [6.45, 7) is 4.40. The van der Waals surface area contributed by atoms with Crippen LogP contribution in [0.25, 0.3) is 0 Å². The van der Waals surface area contributed by atoms with E-state index in [9.17, 15) is 9.59 Å². The minimum atomic E-state index is -0.0470. The number of amides is 2. The predicted molar refractivity (Wildman–Crippen MR) is 109 cm³/mol. The molecule has 2 aromatic carbocycles. The van der Waals surface area contributed by atoms with Gasteiger partial charge >= 0.3 is 0 Å². The van der Waals surface area contributed by atoms with E-state index in [1.807, 2.05) is 56.3 Å². The maximum absolute atomic E-state index is 12.1. The highest BCUT2D eigenvalue weighted by atomic mass is 16.5. The second-order valence-corrected chi connectivity index (χ2v) is 7.06. The lowest BCUT2D eigenvalue weighted by Crippen LogP contribution is -2.18. The molecule has 0 bridgehead atoms. The van der Waals surface area contributed by atoms with Crippen molar-refractivity contribution in [1.29, 1.82) is 0 Å². The van der Waals surface area contributed by atoms with Gasteiger partial charge in [0, 0.05) is 24.2 Å². The number of aryl methyl sites for hydroxylation is 1. The highest BCUT2D eigenvalue weighted by Gasteiger charge is 2.15. The van der Waals surface area contributed by atoms with Gasteiger partial charge in [0.25, 0.3) is 0 Å². The van der Waals surface area contributed by atoms with Gasteiger partial charge in [0.2, 0.25) is 11.8 Å². The van der Waals surface area contributed by atoms with Crippen LogP contribution in [0, 0.1) is 0 Å². The summed E-state index contributed by atoms with van der Waals surface area (Å²) < 4.78 is 11.3. The normalized spacial score (nSPS) is 12.9. The number of nitrogens with one attached hydrogen (secondary N) is 2. The molecular formula is C22H26N2O4. The van der Waals surface area contributed by atoms with E-state index in [4.69, 9.17) is 9.47 Å². The molecule has 0 unspecified atom stereocenters. The molecule has 2 N–H and O–H groups in total. The van der Waals surface area contributed by atoms with Crippen molar-refractivity contribution in [2.75, 3.05) is 17.2 Å². The Labute approximate surface area is 165 Å². The molecule has 0 aliphatic carbocycles. The van der Waals surface area contributed by atoms with E-state index in [2.05, 4.69) is 10.6 Å². The molecule has 1 heterocycles. The van der Waals surface area contributed by atoms with E-state index in [1.54, 1.807) is 0 Å². The van der Waals surface area contributed by atoms with Gasteiger partial charge in [-0.05, 0) is 74.7 Å². The molecule has 0 atom stereocenters. The average molecular weight is 382 g/mol. The Morgan fingerprint density at radius 2 is 1.86 bits per heavy atom. The molecule has 0 fully saturated rings. The van der Waals surface area contributed by atoms with Gasteiger partial charge in [-0.1, -0.05) is 0 Å². The molecule has 3 rings (SSSR count). The summed E-state index contributed by atoms with van der Waals surface area (Å²) >= 11 is 0. The van der Waals surface area contributed by atoms with Gasteiger partial charge < -0.3 is 20.1 Å². The summed E-state index contributed by atoms with van der Waals surface area (Å²) in [7, 11) is 0. The highest BCUT2D eigenvalue weighted by Crippen LogP contribution is 2.27. The fourth-order valence-electron chi connectivity index (χ4n) is 2.98. The van der Waals surface area contributed by atoms with Crippen molar-refractivity contribution in [2.24, 2.45) is 0 Å². The molecule has 0 radical (unpaired) electrons. The van der Waals surface area contributed by atoms with Crippen LogP contribution in [0.1, 0.15) is 38.7 Å². The number of carbonyl (C=O) groups excluding carboxylic acids is 2. The Kier molecular flexibility index (Phi) is 6.53. The van der Waals surface area contributed by atoms with Crippen LogP contribution in [0.5, 0.6) is 11.5 Å². The summed E-state index contributed by atoms with van der Waals surface area (Å²) in [5.41, 5.74) is 2.69. The molecular weight excluding hydrogens is 356 g/mol. The minimum Gasteiger partial charge on any atom is -0.494 e. The number of ether oxygens (including phenoxy) is 2. The van der Waals surface area contributed by atoms with E-state index in [0.717, 1.165) is 34.9 Å². The van der Waals surface area contributed by atoms with Crippen LogP contribution in [0.4, 0.5) is 11.4 Å². The summed E-state index contributed by atoms with van der Waals surface area (Å²) in [5, 5.41) is 5.73. The second-order valence-electron chi connectivity index (χ2n) is 7.06. The van der Waals surface area contributed by atoms with Crippen LogP contribution in [0.2, 0.25) is 0 Å². The molecule has 1 aliphatic heterocycles. The molecule has 2 amide bonds. The van der Waals surface area contributed by atoms with E-state index >= 15 is 0 Å². The molecule has 2 aromatic rings. The number of anilines is 2. The summed E-state index contributed by atoms with van der Waals surface area (Å²) in [6, 6.07) is 13.0. The SMILES string of the molecule is CC(C)Oc1ccc(NC(=O)CCCOc2ccc3c(c2)CCC(=O)N3)cc1. The summed E-state index contributed by atoms with van der Waals surface area (Å²) in [4.78, 5) is 23.5. The number of hydrogen-bond acceptors (Lipinski definition) is 4. The topological polar surface area (TPSA) is 76.7 Å². The van der Waals surface area contributed by atoms with Crippen molar-refractivity contribution >= 4 is 23.2 Å². The molecule has 0 aromatic heterocycles. The first-order valence-electron chi connectivity index (χ1n) is 9.62. The molecule has 6 heteroatoms. The Bertz CT molecular complexity index is 831. The Balaban J connectivity index is 1.39. The van der Waals surface area contributed by atoms with Gasteiger partial charge in [0.05, 0.1) is 12.7 Å². The quantitative estimate of drug-likeness (QED) is 0.672. The van der Waals surface area contributed by atoms with Gasteiger partial charge in [-0.25, -0.2) is 0 Å². The van der Waals surface area contributed by atoms with Gasteiger partial charge in [-0.3, -0.25) is 9.59 Å². The molecule has 1 aliphatic rings. The van der Waals surface area contributed by atoms with E-state index in [0.29, 0.717) is 25.9 Å². The van der Waals surface area contributed by atoms with Gasteiger partial charge in [0.15, 0.2) is 0 Å². The van der Waals surface area contributed by atoms with Crippen LogP contribution in [0.15, 0.2) is 42.5 Å².